The van der Waals surface area contributed by atoms with Gasteiger partial charge in [0.15, 0.2) is 0 Å². The lowest BCUT2D eigenvalue weighted by Crippen LogP contribution is -2.23. The molecule has 2 N–H and O–H groups in total. The van der Waals surface area contributed by atoms with Gasteiger partial charge in [-0.05, 0) is 54.8 Å². The summed E-state index contributed by atoms with van der Waals surface area (Å²) in [4.78, 5) is 0. The number of hydrogen-bond donors (Lipinski definition) is 2. The molecule has 1 aliphatic rings. The molecule has 2 heteroatoms. The van der Waals surface area contributed by atoms with E-state index in [9.17, 15) is 5.11 Å². The minimum absolute atomic E-state index is 0.372. The standard InChI is InChI=1S/C16H25NO/c1-12(2)8-9-17-11-16(18)15-7-6-13-4-3-5-14(13)10-15/h6-7,10,12,16-18H,3-5,8-9,11H2,1-2H3. The van der Waals surface area contributed by atoms with Crippen LogP contribution in [0.25, 0.3) is 0 Å². The normalized spacial score (nSPS) is 16.0. The van der Waals surface area contributed by atoms with E-state index in [1.165, 1.54) is 30.4 Å². The van der Waals surface area contributed by atoms with Crippen molar-refractivity contribution in [3.8, 4) is 0 Å². The molecular weight excluding hydrogens is 222 g/mol. The number of aryl methyl sites for hydroxylation is 2. The highest BCUT2D eigenvalue weighted by Gasteiger charge is 2.14. The third kappa shape index (κ3) is 3.56. The van der Waals surface area contributed by atoms with Crippen molar-refractivity contribution in [2.75, 3.05) is 13.1 Å². The summed E-state index contributed by atoms with van der Waals surface area (Å²) in [7, 11) is 0. The number of aliphatic hydroxyl groups is 1. The van der Waals surface area contributed by atoms with Gasteiger partial charge in [-0.3, -0.25) is 0 Å². The van der Waals surface area contributed by atoms with E-state index in [0.29, 0.717) is 6.54 Å². The Kier molecular flexibility index (Phi) is 4.79. The van der Waals surface area contributed by atoms with Crippen LogP contribution in [0, 0.1) is 5.92 Å². The second-order valence-corrected chi connectivity index (χ2v) is 5.78. The zero-order valence-corrected chi connectivity index (χ0v) is 11.6. The molecule has 0 amide bonds. The third-order valence-electron chi connectivity index (χ3n) is 3.74. The van der Waals surface area contributed by atoms with Gasteiger partial charge in [-0.2, -0.15) is 0 Å². The Balaban J connectivity index is 1.83. The Labute approximate surface area is 110 Å². The Bertz CT molecular complexity index is 387. The molecule has 1 aromatic carbocycles. The SMILES string of the molecule is CC(C)CCNCC(O)c1ccc2c(c1)CCC2. The molecule has 0 aliphatic heterocycles. The van der Waals surface area contributed by atoms with Crippen LogP contribution in [0.5, 0.6) is 0 Å². The second-order valence-electron chi connectivity index (χ2n) is 5.78. The molecule has 0 aromatic heterocycles. The highest BCUT2D eigenvalue weighted by atomic mass is 16.3. The largest absolute Gasteiger partial charge is 0.387 e. The Morgan fingerprint density at radius 3 is 2.78 bits per heavy atom. The summed E-state index contributed by atoms with van der Waals surface area (Å²) < 4.78 is 0. The minimum atomic E-state index is -0.372. The summed E-state index contributed by atoms with van der Waals surface area (Å²) in [5.41, 5.74) is 3.97. The van der Waals surface area contributed by atoms with Gasteiger partial charge >= 0.3 is 0 Å². The average Bonchev–Trinajstić information content (AvgIpc) is 2.81. The Hall–Kier alpha value is -0.860. The van der Waals surface area contributed by atoms with E-state index in [2.05, 4.69) is 37.4 Å². The predicted octanol–water partition coefficient (Wildman–Crippen LogP) is 2.84. The number of nitrogens with one attached hydrogen (secondary N) is 1. The number of aliphatic hydroxyl groups excluding tert-OH is 1. The molecule has 0 saturated carbocycles. The summed E-state index contributed by atoms with van der Waals surface area (Å²) in [5, 5.41) is 13.5. The maximum Gasteiger partial charge on any atom is 0.0914 e. The minimum Gasteiger partial charge on any atom is -0.387 e. The maximum absolute atomic E-state index is 10.2. The highest BCUT2D eigenvalue weighted by molar-refractivity contribution is 5.36. The number of hydrogen-bond acceptors (Lipinski definition) is 2. The van der Waals surface area contributed by atoms with Crippen molar-refractivity contribution in [2.24, 2.45) is 5.92 Å². The summed E-state index contributed by atoms with van der Waals surface area (Å²) in [6.07, 6.45) is 4.44. The van der Waals surface area contributed by atoms with E-state index in [4.69, 9.17) is 0 Å². The summed E-state index contributed by atoms with van der Waals surface area (Å²) >= 11 is 0. The molecule has 0 radical (unpaired) electrons. The Morgan fingerprint density at radius 2 is 2.00 bits per heavy atom. The summed E-state index contributed by atoms with van der Waals surface area (Å²) in [6, 6.07) is 6.46. The van der Waals surface area contributed by atoms with E-state index in [-0.39, 0.29) is 6.10 Å². The first-order valence-corrected chi connectivity index (χ1v) is 7.17. The molecule has 100 valence electrons. The van der Waals surface area contributed by atoms with E-state index in [1.807, 2.05) is 0 Å². The lowest BCUT2D eigenvalue weighted by molar-refractivity contribution is 0.174. The van der Waals surface area contributed by atoms with Crippen LogP contribution in [0.15, 0.2) is 18.2 Å². The summed E-state index contributed by atoms with van der Waals surface area (Å²) in [6.45, 7) is 6.09. The molecule has 0 saturated heterocycles. The molecule has 0 bridgehead atoms. The van der Waals surface area contributed by atoms with Crippen molar-refractivity contribution >= 4 is 0 Å². The average molecular weight is 247 g/mol. The van der Waals surface area contributed by atoms with Crippen molar-refractivity contribution in [1.29, 1.82) is 0 Å². The van der Waals surface area contributed by atoms with E-state index >= 15 is 0 Å². The van der Waals surface area contributed by atoms with Crippen LogP contribution >= 0.6 is 0 Å². The van der Waals surface area contributed by atoms with Crippen LogP contribution in [0.1, 0.15) is 49.5 Å². The zero-order chi connectivity index (χ0) is 13.0. The van der Waals surface area contributed by atoms with Crippen molar-refractivity contribution in [2.45, 2.75) is 45.6 Å². The monoisotopic (exact) mass is 247 g/mol. The first-order valence-electron chi connectivity index (χ1n) is 7.17. The van der Waals surface area contributed by atoms with E-state index in [1.54, 1.807) is 0 Å². The number of rotatable bonds is 6. The fourth-order valence-corrected chi connectivity index (χ4v) is 2.55. The van der Waals surface area contributed by atoms with Gasteiger partial charge < -0.3 is 10.4 Å². The third-order valence-corrected chi connectivity index (χ3v) is 3.74. The van der Waals surface area contributed by atoms with Crippen LogP contribution in [0.2, 0.25) is 0 Å². The predicted molar refractivity (Wildman–Crippen MR) is 75.8 cm³/mol. The Morgan fingerprint density at radius 1 is 1.22 bits per heavy atom. The van der Waals surface area contributed by atoms with Crippen LogP contribution in [0.3, 0.4) is 0 Å². The van der Waals surface area contributed by atoms with Gasteiger partial charge in [-0.1, -0.05) is 32.0 Å². The number of benzene rings is 1. The lowest BCUT2D eigenvalue weighted by atomic mass is 10.0. The molecule has 0 heterocycles. The molecular formula is C16H25NO. The molecule has 2 nitrogen and oxygen atoms in total. The zero-order valence-electron chi connectivity index (χ0n) is 11.6. The van der Waals surface area contributed by atoms with Crippen LogP contribution < -0.4 is 5.32 Å². The quantitative estimate of drug-likeness (QED) is 0.758. The van der Waals surface area contributed by atoms with Crippen LogP contribution in [0.4, 0.5) is 0 Å². The number of fused-ring (bicyclic) bond motifs is 1. The molecule has 1 atom stereocenters. The van der Waals surface area contributed by atoms with Gasteiger partial charge in [0.2, 0.25) is 0 Å². The van der Waals surface area contributed by atoms with Gasteiger partial charge in [0, 0.05) is 6.54 Å². The fourth-order valence-electron chi connectivity index (χ4n) is 2.55. The van der Waals surface area contributed by atoms with Crippen LogP contribution in [-0.4, -0.2) is 18.2 Å². The van der Waals surface area contributed by atoms with Crippen molar-refractivity contribution < 1.29 is 5.11 Å². The molecule has 1 unspecified atom stereocenters. The fraction of sp³-hybridized carbons (Fsp3) is 0.625. The van der Waals surface area contributed by atoms with E-state index < -0.39 is 0 Å². The van der Waals surface area contributed by atoms with E-state index in [0.717, 1.165) is 24.4 Å². The second kappa shape index (κ2) is 6.35. The molecule has 0 fully saturated rings. The highest BCUT2D eigenvalue weighted by Crippen LogP contribution is 2.25. The first kappa shape index (κ1) is 13.6. The van der Waals surface area contributed by atoms with Gasteiger partial charge in [0.1, 0.15) is 0 Å². The molecule has 18 heavy (non-hydrogen) atoms. The maximum atomic E-state index is 10.2. The lowest BCUT2D eigenvalue weighted by Gasteiger charge is -2.14. The molecule has 1 aliphatic carbocycles. The topological polar surface area (TPSA) is 32.3 Å². The summed E-state index contributed by atoms with van der Waals surface area (Å²) in [5.74, 6) is 0.717. The van der Waals surface area contributed by atoms with Gasteiger partial charge in [0.25, 0.3) is 0 Å². The van der Waals surface area contributed by atoms with Crippen LogP contribution in [-0.2, 0) is 12.8 Å². The van der Waals surface area contributed by atoms with Crippen molar-refractivity contribution in [3.63, 3.8) is 0 Å². The van der Waals surface area contributed by atoms with Gasteiger partial charge in [0.05, 0.1) is 6.10 Å². The molecule has 2 rings (SSSR count). The molecule has 0 spiro atoms. The van der Waals surface area contributed by atoms with Gasteiger partial charge in [-0.15, -0.1) is 0 Å². The van der Waals surface area contributed by atoms with Crippen molar-refractivity contribution in [1.82, 2.24) is 5.32 Å². The smallest absolute Gasteiger partial charge is 0.0914 e. The van der Waals surface area contributed by atoms with Gasteiger partial charge in [-0.25, -0.2) is 0 Å². The van der Waals surface area contributed by atoms with Crippen molar-refractivity contribution in [3.05, 3.63) is 34.9 Å². The molecule has 1 aromatic rings. The first-order chi connectivity index (χ1) is 8.66.